The highest BCUT2D eigenvalue weighted by Gasteiger charge is 2.43. The van der Waals surface area contributed by atoms with E-state index < -0.39 is 48.9 Å². The number of nitrogens with one attached hydrogen (secondary N) is 6. The van der Waals surface area contributed by atoms with Crippen LogP contribution in [0.5, 0.6) is 0 Å². The van der Waals surface area contributed by atoms with Gasteiger partial charge in [-0.1, -0.05) is 0 Å². The molecule has 6 aliphatic rings. The summed E-state index contributed by atoms with van der Waals surface area (Å²) in [5, 5.41) is 55.7. The van der Waals surface area contributed by atoms with Crippen LogP contribution in [0.25, 0.3) is 0 Å². The van der Waals surface area contributed by atoms with Gasteiger partial charge >= 0.3 is 17.1 Å². The van der Waals surface area contributed by atoms with E-state index in [2.05, 4.69) is 31.9 Å². The zero-order valence-corrected chi connectivity index (χ0v) is 29.6. The summed E-state index contributed by atoms with van der Waals surface area (Å²) >= 11 is 0. The Hall–Kier alpha value is -6.15. The number of carbonyl (C=O) groups is 3. The Morgan fingerprint density at radius 1 is 0.407 bits per heavy atom. The molecular formula is C33H42N12O9. The normalized spacial score (nSPS) is 19.1. The van der Waals surface area contributed by atoms with Crippen LogP contribution in [0.15, 0.2) is 0 Å². The Morgan fingerprint density at radius 3 is 0.944 bits per heavy atom. The van der Waals surface area contributed by atoms with Gasteiger partial charge in [-0.25, -0.2) is 0 Å². The number of amides is 3. The van der Waals surface area contributed by atoms with E-state index in [1.54, 1.807) is 0 Å². The highest BCUT2D eigenvalue weighted by atomic mass is 16.6. The van der Waals surface area contributed by atoms with Crippen molar-refractivity contribution in [3.8, 4) is 0 Å². The number of hydrogen-bond acceptors (Lipinski definition) is 15. The highest BCUT2D eigenvalue weighted by Crippen LogP contribution is 2.57. The molecule has 21 nitrogen and oxygen atoms in total. The van der Waals surface area contributed by atoms with Crippen molar-refractivity contribution in [2.24, 2.45) is 0 Å². The summed E-state index contributed by atoms with van der Waals surface area (Å²) in [6.45, 7) is 1.49. The maximum atomic E-state index is 13.3. The van der Waals surface area contributed by atoms with Gasteiger partial charge in [-0.3, -0.25) is 44.7 Å². The standard InChI is InChI=1S/C33H42N12O9/c46-19-16-40-13-7-1-4-10-34-22-31(43(49)50)23-33(45(53)54)24(32(22)44(51)52)36-12-6-3-9-15-42-18-21(48)39-27-29(42)25(37-19)28(40)26-30(27)41(17-20(47)38-26)14-8-2-5-11-35-23/h34-36H,1-18H2,(H,37,46)(H,38,47)(H,39,48). The molecule has 0 unspecified atom stereocenters. The Labute approximate surface area is 308 Å². The van der Waals surface area contributed by atoms with E-state index >= 15 is 0 Å². The van der Waals surface area contributed by atoms with E-state index in [9.17, 15) is 44.7 Å². The van der Waals surface area contributed by atoms with E-state index in [0.717, 1.165) is 0 Å². The fraction of sp³-hybridized carbons (Fsp3) is 0.545. The van der Waals surface area contributed by atoms with Crippen LogP contribution in [0.2, 0.25) is 0 Å². The smallest absolute Gasteiger partial charge is 0.329 e. The Balaban J connectivity index is 1.39. The summed E-state index contributed by atoms with van der Waals surface area (Å²) in [6.07, 6.45) is 4.49. The van der Waals surface area contributed by atoms with Gasteiger partial charge in [0.05, 0.1) is 68.5 Å². The molecule has 0 aliphatic carbocycles. The predicted molar refractivity (Wildman–Crippen MR) is 202 cm³/mol. The van der Waals surface area contributed by atoms with Gasteiger partial charge in [0.25, 0.3) is 0 Å². The van der Waals surface area contributed by atoms with Crippen molar-refractivity contribution >= 4 is 86.0 Å². The zero-order chi connectivity index (χ0) is 38.1. The van der Waals surface area contributed by atoms with Crippen LogP contribution in [0.4, 0.5) is 68.2 Å². The number of anilines is 9. The molecule has 0 radical (unpaired) electrons. The molecule has 54 heavy (non-hydrogen) atoms. The SMILES string of the molecule is O=C1CN2CCCCCNc3c([N+](=O)[O-])c4c([N+](=O)[O-])c(c3[N+](=O)[O-])NCCCCCN3CC(=O)Nc5c2c(c2c(c53)NC(=O)CN2CCCCCN4)N1. The van der Waals surface area contributed by atoms with Gasteiger partial charge < -0.3 is 46.6 Å². The first kappa shape index (κ1) is 36.2. The predicted octanol–water partition coefficient (Wildman–Crippen LogP) is 4.16. The Kier molecular flexibility index (Phi) is 10.1. The van der Waals surface area contributed by atoms with Crippen molar-refractivity contribution in [2.75, 3.05) is 106 Å². The largest absolute Gasteiger partial charge is 0.374 e. The third-order valence-electron chi connectivity index (χ3n) is 10.4. The molecule has 21 heteroatoms. The number of hydrogen-bond donors (Lipinski definition) is 6. The third-order valence-corrected chi connectivity index (χ3v) is 10.4. The van der Waals surface area contributed by atoms with Crippen molar-refractivity contribution in [2.45, 2.75) is 57.8 Å². The quantitative estimate of drug-likeness (QED) is 0.190. The second-order valence-corrected chi connectivity index (χ2v) is 14.0. The lowest BCUT2D eigenvalue weighted by molar-refractivity contribution is -0.399. The van der Waals surface area contributed by atoms with Crippen LogP contribution >= 0.6 is 0 Å². The molecule has 0 fully saturated rings. The first-order valence-electron chi connectivity index (χ1n) is 18.3. The molecule has 0 saturated carbocycles. The van der Waals surface area contributed by atoms with Crippen molar-refractivity contribution in [3.63, 3.8) is 0 Å². The molecule has 288 valence electrons. The molecule has 3 amide bonds. The van der Waals surface area contributed by atoms with Crippen molar-refractivity contribution in [3.05, 3.63) is 30.3 Å². The Morgan fingerprint density at radius 2 is 0.685 bits per heavy atom. The van der Waals surface area contributed by atoms with Gasteiger partial charge in [0, 0.05) is 39.3 Å². The monoisotopic (exact) mass is 750 g/mol. The Bertz CT molecular complexity index is 1680. The lowest BCUT2D eigenvalue weighted by Gasteiger charge is -2.44. The van der Waals surface area contributed by atoms with E-state index in [4.69, 9.17) is 0 Å². The minimum absolute atomic E-state index is 0.0193. The average Bonchev–Trinajstić information content (AvgIpc) is 3.10. The van der Waals surface area contributed by atoms with Crippen molar-refractivity contribution < 1.29 is 29.2 Å². The minimum atomic E-state index is -0.828. The topological polar surface area (TPSA) is 263 Å². The lowest BCUT2D eigenvalue weighted by atomic mass is 9.99. The number of nitro benzene ring substituents is 3. The molecule has 2 aromatic carbocycles. The first-order valence-corrected chi connectivity index (χ1v) is 18.3. The van der Waals surface area contributed by atoms with Crippen LogP contribution in [0.1, 0.15) is 57.8 Å². The molecule has 0 atom stereocenters. The van der Waals surface area contributed by atoms with E-state index in [-0.39, 0.29) is 57.0 Å². The molecule has 8 rings (SSSR count). The summed E-state index contributed by atoms with van der Waals surface area (Å²) in [5.41, 5.74) is -0.0404. The van der Waals surface area contributed by atoms with Gasteiger partial charge in [0.2, 0.25) is 17.7 Å². The fourth-order valence-electron chi connectivity index (χ4n) is 8.10. The van der Waals surface area contributed by atoms with Crippen molar-refractivity contribution in [1.82, 2.24) is 0 Å². The van der Waals surface area contributed by atoms with E-state index in [0.29, 0.717) is 112 Å². The molecule has 6 N–H and O–H groups in total. The van der Waals surface area contributed by atoms with E-state index in [1.165, 1.54) is 0 Å². The minimum Gasteiger partial charge on any atom is -0.374 e. The molecule has 6 aliphatic heterocycles. The average molecular weight is 751 g/mol. The molecule has 0 aromatic heterocycles. The molecule has 2 aromatic rings. The van der Waals surface area contributed by atoms with Gasteiger partial charge in [-0.15, -0.1) is 0 Å². The highest BCUT2D eigenvalue weighted by molar-refractivity contribution is 6.23. The molecular weight excluding hydrogens is 708 g/mol. The van der Waals surface area contributed by atoms with Crippen LogP contribution in [-0.2, 0) is 14.4 Å². The van der Waals surface area contributed by atoms with E-state index in [1.807, 2.05) is 14.7 Å². The fourth-order valence-corrected chi connectivity index (χ4v) is 8.10. The van der Waals surface area contributed by atoms with Crippen molar-refractivity contribution in [1.29, 1.82) is 0 Å². The number of carbonyl (C=O) groups excluding carboxylic acids is 3. The maximum Gasteiger partial charge on any atom is 0.329 e. The molecule has 0 saturated heterocycles. The summed E-state index contributed by atoms with van der Waals surface area (Å²) in [6, 6.07) is 0. The number of rotatable bonds is 3. The summed E-state index contributed by atoms with van der Waals surface area (Å²) in [5.74, 6) is -0.742. The molecule has 0 spiro atoms. The van der Waals surface area contributed by atoms with Gasteiger partial charge in [0.15, 0.2) is 17.1 Å². The first-order chi connectivity index (χ1) is 26.0. The third kappa shape index (κ3) is 6.75. The zero-order valence-electron chi connectivity index (χ0n) is 29.6. The number of benzene rings is 2. The van der Waals surface area contributed by atoms with Crippen LogP contribution < -0.4 is 46.6 Å². The summed E-state index contributed by atoms with van der Waals surface area (Å²) in [7, 11) is 0. The van der Waals surface area contributed by atoms with Crippen LogP contribution in [0, 0.1) is 30.3 Å². The van der Waals surface area contributed by atoms with Gasteiger partial charge in [-0.2, -0.15) is 0 Å². The summed E-state index contributed by atoms with van der Waals surface area (Å²) in [4.78, 5) is 81.1. The number of nitro groups is 3. The molecule has 12 bridgehead atoms. The van der Waals surface area contributed by atoms with Gasteiger partial charge in [0.1, 0.15) is 0 Å². The second-order valence-electron chi connectivity index (χ2n) is 14.0. The lowest BCUT2D eigenvalue weighted by Crippen LogP contribution is -2.47. The van der Waals surface area contributed by atoms with Crippen LogP contribution in [-0.4, -0.2) is 91.4 Å². The maximum absolute atomic E-state index is 13.3. The van der Waals surface area contributed by atoms with Crippen LogP contribution in [0.3, 0.4) is 0 Å². The summed E-state index contributed by atoms with van der Waals surface area (Å²) < 4.78 is 0. The second kappa shape index (κ2) is 15.1. The number of fused-ring (bicyclic) bond motifs is 15. The van der Waals surface area contributed by atoms with Gasteiger partial charge in [-0.05, 0) is 57.8 Å². The number of nitrogens with zero attached hydrogens (tertiary/aromatic N) is 6. The molecule has 6 heterocycles.